The quantitative estimate of drug-likeness (QED) is 0.932. The lowest BCUT2D eigenvalue weighted by Crippen LogP contribution is -2.51. The zero-order valence-electron chi connectivity index (χ0n) is 13.0. The van der Waals surface area contributed by atoms with Crippen LogP contribution in [-0.4, -0.2) is 43.2 Å². The van der Waals surface area contributed by atoms with Gasteiger partial charge in [0.05, 0.1) is 6.10 Å². The number of nitrogens with zero attached hydrogens (tertiary/aromatic N) is 1. The molecule has 2 atom stereocenters. The number of aryl methyl sites for hydroxylation is 2. The van der Waals surface area contributed by atoms with E-state index in [0.29, 0.717) is 13.1 Å². The van der Waals surface area contributed by atoms with Gasteiger partial charge in [0, 0.05) is 31.8 Å². The number of hydrogen-bond acceptors (Lipinski definition) is 3. The van der Waals surface area contributed by atoms with Gasteiger partial charge in [0.2, 0.25) is 0 Å². The Morgan fingerprint density at radius 2 is 1.95 bits per heavy atom. The van der Waals surface area contributed by atoms with E-state index in [9.17, 15) is 4.79 Å². The van der Waals surface area contributed by atoms with E-state index >= 15 is 0 Å². The smallest absolute Gasteiger partial charge is 0.254 e. The number of carbonyl (C=O) groups excluding carboxylic acids is 1. The molecule has 21 heavy (non-hydrogen) atoms. The Morgan fingerprint density at radius 3 is 2.48 bits per heavy atom. The van der Waals surface area contributed by atoms with Crippen molar-refractivity contribution in [2.45, 2.75) is 38.8 Å². The molecule has 5 heteroatoms. The largest absolute Gasteiger partial charge is 0.381 e. The molecule has 1 saturated heterocycles. The fraction of sp³-hybridized carbons (Fsp3) is 0.562. The molecule has 2 N–H and O–H groups in total. The normalized spacial score (nSPS) is 21.8. The van der Waals surface area contributed by atoms with Crippen LogP contribution in [0.3, 0.4) is 0 Å². The Morgan fingerprint density at radius 1 is 1.33 bits per heavy atom. The topological polar surface area (TPSA) is 55.6 Å². The Hall–Kier alpha value is -1.10. The third kappa shape index (κ3) is 4.19. The van der Waals surface area contributed by atoms with E-state index in [1.165, 1.54) is 0 Å². The van der Waals surface area contributed by atoms with Crippen LogP contribution in [0.4, 0.5) is 0 Å². The Kier molecular flexibility index (Phi) is 6.65. The molecule has 1 fully saturated rings. The highest BCUT2D eigenvalue weighted by Crippen LogP contribution is 2.22. The number of piperidine rings is 1. The van der Waals surface area contributed by atoms with Crippen molar-refractivity contribution in [2.75, 3.05) is 20.2 Å². The molecule has 1 aliphatic rings. The average Bonchev–Trinajstić information content (AvgIpc) is 2.44. The number of hydrogen-bond donors (Lipinski definition) is 1. The molecular formula is C16H25ClN2O2. The van der Waals surface area contributed by atoms with Gasteiger partial charge in [0.25, 0.3) is 5.91 Å². The maximum absolute atomic E-state index is 12.7. The highest BCUT2D eigenvalue weighted by atomic mass is 35.5. The van der Waals surface area contributed by atoms with Crippen LogP contribution < -0.4 is 5.73 Å². The van der Waals surface area contributed by atoms with Crippen molar-refractivity contribution in [1.82, 2.24) is 4.90 Å². The van der Waals surface area contributed by atoms with Gasteiger partial charge >= 0.3 is 0 Å². The minimum Gasteiger partial charge on any atom is -0.381 e. The van der Waals surface area contributed by atoms with E-state index in [1.54, 1.807) is 7.11 Å². The van der Waals surface area contributed by atoms with E-state index in [0.717, 1.165) is 29.5 Å². The van der Waals surface area contributed by atoms with Crippen molar-refractivity contribution in [1.29, 1.82) is 0 Å². The van der Waals surface area contributed by atoms with Crippen LogP contribution in [0, 0.1) is 13.8 Å². The molecule has 1 heterocycles. The predicted molar refractivity (Wildman–Crippen MR) is 87.1 cm³/mol. The zero-order chi connectivity index (χ0) is 14.7. The van der Waals surface area contributed by atoms with Crippen LogP contribution in [0.1, 0.15) is 34.3 Å². The van der Waals surface area contributed by atoms with Crippen LogP contribution in [-0.2, 0) is 4.74 Å². The van der Waals surface area contributed by atoms with Gasteiger partial charge in [-0.2, -0.15) is 0 Å². The summed E-state index contributed by atoms with van der Waals surface area (Å²) in [6.45, 7) is 5.23. The number of benzene rings is 1. The average molecular weight is 313 g/mol. The van der Waals surface area contributed by atoms with Crippen molar-refractivity contribution in [3.8, 4) is 0 Å². The first-order valence-corrected chi connectivity index (χ1v) is 7.17. The molecule has 0 radical (unpaired) electrons. The summed E-state index contributed by atoms with van der Waals surface area (Å²) in [6.07, 6.45) is 1.92. The molecule has 2 unspecified atom stereocenters. The number of likely N-dealkylation sites (tertiary alicyclic amines) is 1. The zero-order valence-corrected chi connectivity index (χ0v) is 13.8. The molecule has 1 aromatic rings. The van der Waals surface area contributed by atoms with E-state index < -0.39 is 0 Å². The predicted octanol–water partition coefficient (Wildman–Crippen LogP) is 2.30. The molecule has 0 spiro atoms. The van der Waals surface area contributed by atoms with Crippen LogP contribution >= 0.6 is 12.4 Å². The summed E-state index contributed by atoms with van der Waals surface area (Å²) in [5.74, 6) is 0.0850. The molecule has 4 nitrogen and oxygen atoms in total. The molecule has 0 saturated carbocycles. The highest BCUT2D eigenvalue weighted by Gasteiger charge is 2.31. The Labute approximate surface area is 133 Å². The van der Waals surface area contributed by atoms with Crippen LogP contribution in [0.15, 0.2) is 18.2 Å². The Bertz CT molecular complexity index is 473. The number of carbonyl (C=O) groups is 1. The van der Waals surface area contributed by atoms with Crippen LogP contribution in [0.2, 0.25) is 0 Å². The Balaban J connectivity index is 0.00000220. The molecule has 0 aromatic heterocycles. The van der Waals surface area contributed by atoms with Crippen molar-refractivity contribution in [3.63, 3.8) is 0 Å². The fourth-order valence-corrected chi connectivity index (χ4v) is 2.98. The number of methoxy groups -OCH3 is 1. The second kappa shape index (κ2) is 7.78. The van der Waals surface area contributed by atoms with Gasteiger partial charge in [0.15, 0.2) is 0 Å². The molecular weight excluding hydrogens is 288 g/mol. The van der Waals surface area contributed by atoms with E-state index in [-0.39, 0.29) is 30.5 Å². The van der Waals surface area contributed by atoms with Crippen molar-refractivity contribution in [3.05, 3.63) is 34.9 Å². The molecule has 2 rings (SSSR count). The third-order valence-electron chi connectivity index (χ3n) is 4.00. The third-order valence-corrected chi connectivity index (χ3v) is 4.00. The van der Waals surface area contributed by atoms with Gasteiger partial charge < -0.3 is 15.4 Å². The lowest BCUT2D eigenvalue weighted by Gasteiger charge is -2.38. The summed E-state index contributed by atoms with van der Waals surface area (Å²) in [4.78, 5) is 14.6. The SMILES string of the molecule is COC1CCN(C(=O)c2cc(C)cc(C)c2)C(CN)C1.Cl. The fourth-order valence-electron chi connectivity index (χ4n) is 2.98. The first-order chi connectivity index (χ1) is 9.55. The van der Waals surface area contributed by atoms with Crippen LogP contribution in [0.5, 0.6) is 0 Å². The van der Waals surface area contributed by atoms with Gasteiger partial charge in [-0.3, -0.25) is 4.79 Å². The molecule has 0 bridgehead atoms. The van der Waals surface area contributed by atoms with Crippen molar-refractivity contribution < 1.29 is 9.53 Å². The number of nitrogens with two attached hydrogens (primary N) is 1. The number of halogens is 1. The minimum absolute atomic E-state index is 0. The number of ether oxygens (including phenoxy) is 1. The van der Waals surface area contributed by atoms with Crippen molar-refractivity contribution in [2.24, 2.45) is 5.73 Å². The highest BCUT2D eigenvalue weighted by molar-refractivity contribution is 5.95. The lowest BCUT2D eigenvalue weighted by atomic mass is 9.97. The maximum atomic E-state index is 12.7. The van der Waals surface area contributed by atoms with Gasteiger partial charge in [0.1, 0.15) is 0 Å². The summed E-state index contributed by atoms with van der Waals surface area (Å²) in [7, 11) is 1.72. The first kappa shape index (κ1) is 18.0. The van der Waals surface area contributed by atoms with Gasteiger partial charge in [-0.1, -0.05) is 17.2 Å². The van der Waals surface area contributed by atoms with Gasteiger partial charge in [-0.05, 0) is 38.8 Å². The molecule has 118 valence electrons. The van der Waals surface area contributed by atoms with Gasteiger partial charge in [-0.25, -0.2) is 0 Å². The summed E-state index contributed by atoms with van der Waals surface area (Å²) < 4.78 is 5.40. The molecule has 1 aliphatic heterocycles. The molecule has 1 aromatic carbocycles. The van der Waals surface area contributed by atoms with E-state index in [1.807, 2.05) is 30.9 Å². The summed E-state index contributed by atoms with van der Waals surface area (Å²) in [5, 5.41) is 0. The van der Waals surface area contributed by atoms with Crippen LogP contribution in [0.25, 0.3) is 0 Å². The summed E-state index contributed by atoms with van der Waals surface area (Å²) >= 11 is 0. The second-order valence-electron chi connectivity index (χ2n) is 5.65. The molecule has 1 amide bonds. The summed E-state index contributed by atoms with van der Waals surface area (Å²) in [6, 6.07) is 6.05. The minimum atomic E-state index is 0. The monoisotopic (exact) mass is 312 g/mol. The van der Waals surface area contributed by atoms with Gasteiger partial charge in [-0.15, -0.1) is 12.4 Å². The standard InChI is InChI=1S/C16H24N2O2.ClH/c1-11-6-12(2)8-13(7-11)16(19)18-5-4-15(20-3)9-14(18)10-17;/h6-8,14-15H,4-5,9-10,17H2,1-3H3;1H. The van der Waals surface area contributed by atoms with E-state index in [4.69, 9.17) is 10.5 Å². The lowest BCUT2D eigenvalue weighted by molar-refractivity contribution is 0.0139. The maximum Gasteiger partial charge on any atom is 0.254 e. The number of rotatable bonds is 3. The first-order valence-electron chi connectivity index (χ1n) is 7.17. The summed E-state index contributed by atoms with van der Waals surface area (Å²) in [5.41, 5.74) is 8.83. The second-order valence-corrected chi connectivity index (χ2v) is 5.65. The van der Waals surface area contributed by atoms with E-state index in [2.05, 4.69) is 6.07 Å². The van der Waals surface area contributed by atoms with Crippen molar-refractivity contribution >= 4 is 18.3 Å². The number of amides is 1. The molecule has 0 aliphatic carbocycles.